The van der Waals surface area contributed by atoms with Crippen molar-refractivity contribution in [1.82, 2.24) is 10.2 Å². The second kappa shape index (κ2) is 4.70. The highest BCUT2D eigenvalue weighted by molar-refractivity contribution is 4.75. The van der Waals surface area contributed by atoms with Crippen molar-refractivity contribution >= 4 is 0 Å². The van der Waals surface area contributed by atoms with Gasteiger partial charge in [-0.15, -0.1) is 0 Å². The number of aliphatic hydroxyl groups excluding tert-OH is 1. The molecule has 3 heteroatoms. The topological polar surface area (TPSA) is 35.5 Å². The molecule has 0 unspecified atom stereocenters. The maximum absolute atomic E-state index is 8.64. The Bertz CT molecular complexity index is 108. The van der Waals surface area contributed by atoms with Crippen LogP contribution in [-0.4, -0.2) is 48.8 Å². The largest absolute Gasteiger partial charge is 0.396 e. The molecule has 1 saturated heterocycles. The van der Waals surface area contributed by atoms with Gasteiger partial charge in [-0.2, -0.15) is 0 Å². The zero-order chi connectivity index (χ0) is 8.10. The summed E-state index contributed by atoms with van der Waals surface area (Å²) in [6, 6.07) is 0.635. The summed E-state index contributed by atoms with van der Waals surface area (Å²) < 4.78 is 0. The third kappa shape index (κ3) is 2.77. The van der Waals surface area contributed by atoms with Gasteiger partial charge in [0.25, 0.3) is 0 Å². The molecule has 1 aliphatic rings. The van der Waals surface area contributed by atoms with E-state index in [9.17, 15) is 0 Å². The van der Waals surface area contributed by atoms with Gasteiger partial charge in [0, 0.05) is 38.8 Å². The monoisotopic (exact) mass is 158 g/mol. The molecular formula is C8H18N2O. The average molecular weight is 158 g/mol. The minimum Gasteiger partial charge on any atom is -0.396 e. The quantitative estimate of drug-likeness (QED) is 0.590. The summed E-state index contributed by atoms with van der Waals surface area (Å²) in [4.78, 5) is 2.42. The van der Waals surface area contributed by atoms with Gasteiger partial charge < -0.3 is 10.4 Å². The van der Waals surface area contributed by atoms with Crippen LogP contribution in [0.3, 0.4) is 0 Å². The molecule has 1 heterocycles. The summed E-state index contributed by atoms with van der Waals surface area (Å²) in [7, 11) is 0. The molecule has 0 aromatic rings. The molecule has 0 aromatic carbocycles. The van der Waals surface area contributed by atoms with Gasteiger partial charge in [-0.05, 0) is 13.3 Å². The van der Waals surface area contributed by atoms with E-state index in [2.05, 4.69) is 17.1 Å². The lowest BCUT2D eigenvalue weighted by Gasteiger charge is -2.33. The molecule has 2 N–H and O–H groups in total. The maximum atomic E-state index is 8.64. The van der Waals surface area contributed by atoms with Crippen LogP contribution in [0.1, 0.15) is 13.3 Å². The number of rotatable bonds is 3. The lowest BCUT2D eigenvalue weighted by Crippen LogP contribution is -2.50. The van der Waals surface area contributed by atoms with Gasteiger partial charge in [0.05, 0.1) is 0 Å². The predicted molar refractivity (Wildman–Crippen MR) is 45.6 cm³/mol. The highest BCUT2D eigenvalue weighted by Crippen LogP contribution is 2.02. The number of hydrogen-bond donors (Lipinski definition) is 2. The molecule has 1 rings (SSSR count). The van der Waals surface area contributed by atoms with Crippen molar-refractivity contribution in [2.45, 2.75) is 19.4 Å². The van der Waals surface area contributed by atoms with Crippen LogP contribution in [0.2, 0.25) is 0 Å². The summed E-state index contributed by atoms with van der Waals surface area (Å²) in [5.41, 5.74) is 0. The minimum absolute atomic E-state index is 0.316. The fraction of sp³-hybridized carbons (Fsp3) is 1.00. The van der Waals surface area contributed by atoms with E-state index in [-0.39, 0.29) is 0 Å². The molecule has 0 aliphatic carbocycles. The summed E-state index contributed by atoms with van der Waals surface area (Å²) in [5.74, 6) is 0. The Morgan fingerprint density at radius 3 is 3.09 bits per heavy atom. The molecular weight excluding hydrogens is 140 g/mol. The fourth-order valence-electron chi connectivity index (χ4n) is 1.49. The number of hydrogen-bond acceptors (Lipinski definition) is 3. The Kier molecular flexibility index (Phi) is 3.83. The van der Waals surface area contributed by atoms with Crippen LogP contribution < -0.4 is 5.32 Å². The van der Waals surface area contributed by atoms with Crippen molar-refractivity contribution in [2.75, 3.05) is 32.8 Å². The molecule has 1 fully saturated rings. The van der Waals surface area contributed by atoms with Crippen molar-refractivity contribution in [1.29, 1.82) is 0 Å². The van der Waals surface area contributed by atoms with Crippen molar-refractivity contribution in [3.8, 4) is 0 Å². The number of piperazine rings is 1. The maximum Gasteiger partial charge on any atom is 0.0443 e. The Morgan fingerprint density at radius 1 is 1.64 bits per heavy atom. The number of nitrogens with zero attached hydrogens (tertiary/aromatic N) is 1. The van der Waals surface area contributed by atoms with Crippen molar-refractivity contribution in [3.05, 3.63) is 0 Å². The number of aliphatic hydroxyl groups is 1. The van der Waals surface area contributed by atoms with Gasteiger partial charge >= 0.3 is 0 Å². The van der Waals surface area contributed by atoms with Crippen LogP contribution in [0.5, 0.6) is 0 Å². The Morgan fingerprint density at radius 2 is 2.45 bits per heavy atom. The van der Waals surface area contributed by atoms with E-state index in [0.29, 0.717) is 12.6 Å². The number of nitrogens with one attached hydrogen (secondary N) is 1. The lowest BCUT2D eigenvalue weighted by molar-refractivity contribution is 0.156. The van der Waals surface area contributed by atoms with E-state index < -0.39 is 0 Å². The van der Waals surface area contributed by atoms with Crippen LogP contribution in [-0.2, 0) is 0 Å². The van der Waals surface area contributed by atoms with Gasteiger partial charge in [0.1, 0.15) is 0 Å². The van der Waals surface area contributed by atoms with Crippen LogP contribution in [0.15, 0.2) is 0 Å². The van der Waals surface area contributed by atoms with Gasteiger partial charge in [-0.1, -0.05) is 0 Å². The zero-order valence-corrected chi connectivity index (χ0v) is 7.21. The van der Waals surface area contributed by atoms with Gasteiger partial charge in [0.15, 0.2) is 0 Å². The molecule has 0 bridgehead atoms. The fourth-order valence-corrected chi connectivity index (χ4v) is 1.49. The molecule has 0 amide bonds. The predicted octanol–water partition coefficient (Wildman–Crippen LogP) is -0.337. The molecule has 66 valence electrons. The highest BCUT2D eigenvalue weighted by Gasteiger charge is 2.16. The minimum atomic E-state index is 0.316. The third-order valence-electron chi connectivity index (χ3n) is 2.24. The first kappa shape index (κ1) is 8.97. The first-order chi connectivity index (χ1) is 5.34. The smallest absolute Gasteiger partial charge is 0.0443 e. The summed E-state index contributed by atoms with van der Waals surface area (Å²) in [6.45, 7) is 6.89. The van der Waals surface area contributed by atoms with Gasteiger partial charge in [-0.25, -0.2) is 0 Å². The van der Waals surface area contributed by atoms with E-state index in [4.69, 9.17) is 5.11 Å². The summed E-state index contributed by atoms with van der Waals surface area (Å²) in [5, 5.41) is 12.0. The summed E-state index contributed by atoms with van der Waals surface area (Å²) >= 11 is 0. The first-order valence-electron chi connectivity index (χ1n) is 4.40. The molecule has 1 aliphatic heterocycles. The van der Waals surface area contributed by atoms with E-state index in [1.165, 1.54) is 0 Å². The Hall–Kier alpha value is -0.120. The van der Waals surface area contributed by atoms with Gasteiger partial charge in [-0.3, -0.25) is 4.90 Å². The first-order valence-corrected chi connectivity index (χ1v) is 4.40. The van der Waals surface area contributed by atoms with Gasteiger partial charge in [0.2, 0.25) is 0 Å². The molecule has 0 spiro atoms. The van der Waals surface area contributed by atoms with Crippen LogP contribution >= 0.6 is 0 Å². The molecule has 0 radical (unpaired) electrons. The molecule has 1 atom stereocenters. The highest BCUT2D eigenvalue weighted by atomic mass is 16.3. The summed E-state index contributed by atoms with van der Waals surface area (Å²) in [6.07, 6.45) is 0.907. The second-order valence-electron chi connectivity index (χ2n) is 3.17. The Labute approximate surface area is 68.4 Å². The lowest BCUT2D eigenvalue weighted by atomic mass is 10.2. The van der Waals surface area contributed by atoms with E-state index in [1.807, 2.05) is 0 Å². The standard InChI is InChI=1S/C8H18N2O/c1-8-7-9-3-5-10(8)4-2-6-11/h8-9,11H,2-7H2,1H3/t8-/m0/s1. The average Bonchev–Trinajstić information content (AvgIpc) is 2.03. The van der Waals surface area contributed by atoms with E-state index in [0.717, 1.165) is 32.6 Å². The third-order valence-corrected chi connectivity index (χ3v) is 2.24. The van der Waals surface area contributed by atoms with Crippen LogP contribution in [0.25, 0.3) is 0 Å². The molecule has 0 saturated carbocycles. The molecule has 3 nitrogen and oxygen atoms in total. The van der Waals surface area contributed by atoms with Crippen molar-refractivity contribution in [3.63, 3.8) is 0 Å². The van der Waals surface area contributed by atoms with Crippen LogP contribution in [0.4, 0.5) is 0 Å². The Balaban J connectivity index is 2.18. The normalized spacial score (nSPS) is 27.3. The second-order valence-corrected chi connectivity index (χ2v) is 3.17. The SMILES string of the molecule is C[C@H]1CNCCN1CCCO. The van der Waals surface area contributed by atoms with Crippen molar-refractivity contribution < 1.29 is 5.11 Å². The van der Waals surface area contributed by atoms with Crippen LogP contribution in [0, 0.1) is 0 Å². The van der Waals surface area contributed by atoms with E-state index in [1.54, 1.807) is 0 Å². The van der Waals surface area contributed by atoms with E-state index >= 15 is 0 Å². The molecule has 11 heavy (non-hydrogen) atoms. The zero-order valence-electron chi connectivity index (χ0n) is 7.21. The van der Waals surface area contributed by atoms with Crippen molar-refractivity contribution in [2.24, 2.45) is 0 Å². The molecule has 0 aromatic heterocycles.